The first-order chi connectivity index (χ1) is 10.9. The van der Waals surface area contributed by atoms with Crippen molar-refractivity contribution < 1.29 is 19.1 Å². The first-order valence-electron chi connectivity index (χ1n) is 7.11. The Morgan fingerprint density at radius 3 is 2.70 bits per heavy atom. The van der Waals surface area contributed by atoms with E-state index in [4.69, 9.17) is 11.6 Å². The lowest BCUT2D eigenvalue weighted by Crippen LogP contribution is -2.38. The van der Waals surface area contributed by atoms with Gasteiger partial charge in [0.05, 0.1) is 23.4 Å². The first-order valence-corrected chi connectivity index (χ1v) is 7.49. The molecule has 2 rings (SSSR count). The molecule has 1 atom stereocenters. The van der Waals surface area contributed by atoms with E-state index in [1.54, 1.807) is 11.0 Å². The fourth-order valence-corrected chi connectivity index (χ4v) is 2.63. The Balaban J connectivity index is 1.98. The fraction of sp³-hybridized carbons (Fsp3) is 0.400. The van der Waals surface area contributed by atoms with Crippen LogP contribution in [0.2, 0.25) is 5.02 Å². The summed E-state index contributed by atoms with van der Waals surface area (Å²) in [5.41, 5.74) is 0.717. The Bertz CT molecular complexity index is 635. The predicted molar refractivity (Wildman–Crippen MR) is 85.6 cm³/mol. The van der Waals surface area contributed by atoms with Crippen LogP contribution in [0, 0.1) is 0 Å². The molecule has 7 nitrogen and oxygen atoms in total. The van der Waals surface area contributed by atoms with Crippen molar-refractivity contribution in [2.24, 2.45) is 0 Å². The van der Waals surface area contributed by atoms with Gasteiger partial charge < -0.3 is 20.3 Å². The number of urea groups is 1. The van der Waals surface area contributed by atoms with Gasteiger partial charge in [-0.3, -0.25) is 4.79 Å². The average Bonchev–Trinajstić information content (AvgIpc) is 2.96. The Labute approximate surface area is 138 Å². The molecule has 0 aliphatic carbocycles. The second-order valence-electron chi connectivity index (χ2n) is 5.25. The zero-order valence-electron chi connectivity index (χ0n) is 12.9. The summed E-state index contributed by atoms with van der Waals surface area (Å²) in [6.07, 6.45) is 0.710. The van der Waals surface area contributed by atoms with Crippen LogP contribution < -0.4 is 10.6 Å². The van der Waals surface area contributed by atoms with Gasteiger partial charge in [-0.2, -0.15) is 0 Å². The standard InChI is InChI=1S/C15H18ClN3O4/c1-9(20)17-11-5-6-19(8-11)15(22)18-13-4-3-10(7-12(13)16)14(21)23-2/h3-4,7,11H,5-6,8H2,1-2H3,(H,17,20)(H,18,22). The van der Waals surface area contributed by atoms with Crippen molar-refractivity contribution in [2.75, 3.05) is 25.5 Å². The van der Waals surface area contributed by atoms with E-state index in [9.17, 15) is 14.4 Å². The van der Waals surface area contributed by atoms with Gasteiger partial charge in [-0.05, 0) is 24.6 Å². The van der Waals surface area contributed by atoms with Gasteiger partial charge in [-0.1, -0.05) is 11.6 Å². The monoisotopic (exact) mass is 339 g/mol. The number of hydrogen-bond acceptors (Lipinski definition) is 4. The topological polar surface area (TPSA) is 87.7 Å². The maximum atomic E-state index is 12.2. The molecular formula is C15H18ClN3O4. The van der Waals surface area contributed by atoms with Gasteiger partial charge in [0, 0.05) is 26.1 Å². The predicted octanol–water partition coefficient (Wildman–Crippen LogP) is 1.87. The number of benzene rings is 1. The van der Waals surface area contributed by atoms with Crippen LogP contribution >= 0.6 is 11.6 Å². The van der Waals surface area contributed by atoms with Crippen LogP contribution in [0.5, 0.6) is 0 Å². The van der Waals surface area contributed by atoms with Crippen LogP contribution in [0.25, 0.3) is 0 Å². The van der Waals surface area contributed by atoms with Gasteiger partial charge >= 0.3 is 12.0 Å². The van der Waals surface area contributed by atoms with Gasteiger partial charge in [-0.15, -0.1) is 0 Å². The SMILES string of the molecule is COC(=O)c1ccc(NC(=O)N2CCC(NC(C)=O)C2)c(Cl)c1. The first kappa shape index (κ1) is 17.1. The Kier molecular flexibility index (Phi) is 5.44. The third kappa shape index (κ3) is 4.35. The molecule has 1 unspecified atom stereocenters. The van der Waals surface area contributed by atoms with Crippen molar-refractivity contribution in [2.45, 2.75) is 19.4 Å². The number of likely N-dealkylation sites (tertiary alicyclic amines) is 1. The lowest BCUT2D eigenvalue weighted by molar-refractivity contribution is -0.119. The van der Waals surface area contributed by atoms with Crippen molar-refractivity contribution in [1.82, 2.24) is 10.2 Å². The van der Waals surface area contributed by atoms with E-state index >= 15 is 0 Å². The van der Waals surface area contributed by atoms with E-state index in [1.165, 1.54) is 26.2 Å². The third-order valence-electron chi connectivity index (χ3n) is 3.51. The van der Waals surface area contributed by atoms with Crippen molar-refractivity contribution in [3.05, 3.63) is 28.8 Å². The minimum Gasteiger partial charge on any atom is -0.465 e. The number of rotatable bonds is 3. The second kappa shape index (κ2) is 7.32. The van der Waals surface area contributed by atoms with Gasteiger partial charge in [0.1, 0.15) is 0 Å². The number of nitrogens with zero attached hydrogens (tertiary/aromatic N) is 1. The van der Waals surface area contributed by atoms with Crippen LogP contribution in [0.15, 0.2) is 18.2 Å². The number of ether oxygens (including phenoxy) is 1. The van der Waals surface area contributed by atoms with Crippen LogP contribution in [0.4, 0.5) is 10.5 Å². The van der Waals surface area contributed by atoms with Gasteiger partial charge in [0.25, 0.3) is 0 Å². The highest BCUT2D eigenvalue weighted by Crippen LogP contribution is 2.24. The second-order valence-corrected chi connectivity index (χ2v) is 5.66. The molecule has 1 heterocycles. The highest BCUT2D eigenvalue weighted by atomic mass is 35.5. The summed E-state index contributed by atoms with van der Waals surface area (Å²) in [6.45, 7) is 2.45. The van der Waals surface area contributed by atoms with Gasteiger partial charge in [-0.25, -0.2) is 9.59 Å². The molecule has 23 heavy (non-hydrogen) atoms. The van der Waals surface area contributed by atoms with E-state index in [2.05, 4.69) is 15.4 Å². The summed E-state index contributed by atoms with van der Waals surface area (Å²) < 4.78 is 4.61. The van der Waals surface area contributed by atoms with Crippen LogP contribution in [0.3, 0.4) is 0 Å². The molecule has 1 aliphatic heterocycles. The Morgan fingerprint density at radius 2 is 2.09 bits per heavy atom. The molecule has 124 valence electrons. The van der Waals surface area contributed by atoms with Gasteiger partial charge in [0.2, 0.25) is 5.91 Å². The molecular weight excluding hydrogens is 322 g/mol. The van der Waals surface area contributed by atoms with Crippen molar-refractivity contribution in [3.8, 4) is 0 Å². The fourth-order valence-electron chi connectivity index (χ4n) is 2.41. The highest BCUT2D eigenvalue weighted by molar-refractivity contribution is 6.34. The van der Waals surface area contributed by atoms with Crippen LogP contribution in [-0.2, 0) is 9.53 Å². The molecule has 8 heteroatoms. The quantitative estimate of drug-likeness (QED) is 0.823. The average molecular weight is 340 g/mol. The van der Waals surface area contributed by atoms with Gasteiger partial charge in [0.15, 0.2) is 0 Å². The van der Waals surface area contributed by atoms with Crippen molar-refractivity contribution in [1.29, 1.82) is 0 Å². The summed E-state index contributed by atoms with van der Waals surface area (Å²) in [7, 11) is 1.28. The molecule has 1 aromatic carbocycles. The zero-order chi connectivity index (χ0) is 17.0. The molecule has 1 fully saturated rings. The van der Waals surface area contributed by atoms with Crippen LogP contribution in [-0.4, -0.2) is 49.0 Å². The normalized spacial score (nSPS) is 16.8. The summed E-state index contributed by atoms with van der Waals surface area (Å²) in [4.78, 5) is 36.3. The number of carbonyl (C=O) groups is 3. The Hall–Kier alpha value is -2.28. The van der Waals surface area contributed by atoms with E-state index in [1.807, 2.05) is 0 Å². The number of hydrogen-bond donors (Lipinski definition) is 2. The molecule has 1 saturated heterocycles. The van der Waals surface area contributed by atoms with E-state index in [0.29, 0.717) is 30.8 Å². The van der Waals surface area contributed by atoms with Crippen LogP contribution in [0.1, 0.15) is 23.7 Å². The largest absolute Gasteiger partial charge is 0.465 e. The minimum atomic E-state index is -0.498. The molecule has 2 N–H and O–H groups in total. The van der Waals surface area contributed by atoms with Crippen molar-refractivity contribution in [3.63, 3.8) is 0 Å². The smallest absolute Gasteiger partial charge is 0.337 e. The number of halogens is 1. The molecule has 1 aromatic rings. The molecule has 3 amide bonds. The summed E-state index contributed by atoms with van der Waals surface area (Å²) in [5.74, 6) is -0.610. The maximum Gasteiger partial charge on any atom is 0.337 e. The van der Waals surface area contributed by atoms with E-state index < -0.39 is 5.97 Å². The number of carbonyl (C=O) groups excluding carboxylic acids is 3. The molecule has 0 spiro atoms. The van der Waals surface area contributed by atoms with E-state index in [-0.39, 0.29) is 23.0 Å². The zero-order valence-corrected chi connectivity index (χ0v) is 13.6. The summed E-state index contributed by atoms with van der Waals surface area (Å²) >= 11 is 6.08. The van der Waals surface area contributed by atoms with E-state index in [0.717, 1.165) is 0 Å². The molecule has 1 aliphatic rings. The minimum absolute atomic E-state index is 0.0320. The summed E-state index contributed by atoms with van der Waals surface area (Å²) in [5, 5.41) is 5.74. The third-order valence-corrected chi connectivity index (χ3v) is 3.83. The number of nitrogens with one attached hydrogen (secondary N) is 2. The molecule has 0 aromatic heterocycles. The Morgan fingerprint density at radius 1 is 1.35 bits per heavy atom. The molecule has 0 radical (unpaired) electrons. The lowest BCUT2D eigenvalue weighted by Gasteiger charge is -2.18. The number of amides is 3. The number of anilines is 1. The molecule has 0 bridgehead atoms. The highest BCUT2D eigenvalue weighted by Gasteiger charge is 2.27. The number of methoxy groups -OCH3 is 1. The number of esters is 1. The van der Waals surface area contributed by atoms with Crippen molar-refractivity contribution >= 4 is 35.2 Å². The molecule has 0 saturated carbocycles. The summed E-state index contributed by atoms with van der Waals surface area (Å²) in [6, 6.07) is 4.18. The lowest BCUT2D eigenvalue weighted by atomic mass is 10.2. The maximum absolute atomic E-state index is 12.2.